The van der Waals surface area contributed by atoms with Gasteiger partial charge in [-0.05, 0) is 11.5 Å². The standard InChI is InChI=1S/C13H16OS/c1-13(2,3)15-10-9-12(14)11-7-5-4-6-8-11/h4-10H,1-3H3/b10-9+. The van der Waals surface area contributed by atoms with Crippen LogP contribution in [0.2, 0.25) is 0 Å². The molecule has 0 fully saturated rings. The highest BCUT2D eigenvalue weighted by Crippen LogP contribution is 2.24. The summed E-state index contributed by atoms with van der Waals surface area (Å²) in [6, 6.07) is 9.31. The van der Waals surface area contributed by atoms with E-state index in [1.807, 2.05) is 35.7 Å². The number of ketones is 1. The van der Waals surface area contributed by atoms with Gasteiger partial charge < -0.3 is 0 Å². The van der Waals surface area contributed by atoms with Crippen molar-refractivity contribution < 1.29 is 4.79 Å². The zero-order chi connectivity index (χ0) is 11.3. The molecule has 0 saturated heterocycles. The Morgan fingerprint density at radius 1 is 1.20 bits per heavy atom. The lowest BCUT2D eigenvalue weighted by Crippen LogP contribution is -2.05. The Bertz CT molecular complexity index is 347. The van der Waals surface area contributed by atoms with Crippen molar-refractivity contribution in [1.29, 1.82) is 0 Å². The Morgan fingerprint density at radius 3 is 2.33 bits per heavy atom. The summed E-state index contributed by atoms with van der Waals surface area (Å²) in [4.78, 5) is 11.6. The molecule has 1 rings (SSSR count). The van der Waals surface area contributed by atoms with Gasteiger partial charge in [-0.25, -0.2) is 0 Å². The van der Waals surface area contributed by atoms with E-state index in [0.717, 1.165) is 5.56 Å². The molecule has 0 aromatic heterocycles. The first-order valence-electron chi connectivity index (χ1n) is 4.93. The second-order valence-corrected chi connectivity index (χ2v) is 6.00. The first-order valence-corrected chi connectivity index (χ1v) is 5.81. The van der Waals surface area contributed by atoms with Crippen LogP contribution < -0.4 is 0 Å². The zero-order valence-corrected chi connectivity index (χ0v) is 10.2. The summed E-state index contributed by atoms with van der Waals surface area (Å²) in [6.45, 7) is 6.36. The Hall–Kier alpha value is -1.02. The Morgan fingerprint density at radius 2 is 1.80 bits per heavy atom. The van der Waals surface area contributed by atoms with Crippen molar-refractivity contribution in [2.45, 2.75) is 25.5 Å². The first-order chi connectivity index (χ1) is 6.99. The molecule has 0 saturated carbocycles. The zero-order valence-electron chi connectivity index (χ0n) is 9.36. The first kappa shape index (κ1) is 12.1. The molecule has 0 spiro atoms. The Kier molecular flexibility index (Phi) is 4.15. The maximum Gasteiger partial charge on any atom is 0.186 e. The molecule has 0 aliphatic rings. The molecule has 0 atom stereocenters. The van der Waals surface area contributed by atoms with E-state index in [9.17, 15) is 4.79 Å². The van der Waals surface area contributed by atoms with Crippen LogP contribution in [0.4, 0.5) is 0 Å². The molecule has 0 heterocycles. The minimum atomic E-state index is 0.0624. The van der Waals surface area contributed by atoms with E-state index in [-0.39, 0.29) is 10.5 Å². The summed E-state index contributed by atoms with van der Waals surface area (Å²) in [6.07, 6.45) is 1.63. The fraction of sp³-hybridized carbons (Fsp3) is 0.308. The van der Waals surface area contributed by atoms with Gasteiger partial charge in [-0.15, -0.1) is 11.8 Å². The van der Waals surface area contributed by atoms with Crippen LogP contribution in [0.1, 0.15) is 31.1 Å². The molecule has 0 aliphatic heterocycles. The second-order valence-electron chi connectivity index (χ2n) is 4.26. The predicted molar refractivity (Wildman–Crippen MR) is 67.3 cm³/mol. The van der Waals surface area contributed by atoms with E-state index in [1.54, 1.807) is 17.8 Å². The van der Waals surface area contributed by atoms with E-state index >= 15 is 0 Å². The SMILES string of the molecule is CC(C)(C)S/C=C/C(=O)c1ccccc1. The normalized spacial score (nSPS) is 11.9. The van der Waals surface area contributed by atoms with Crippen molar-refractivity contribution in [1.82, 2.24) is 0 Å². The molecule has 15 heavy (non-hydrogen) atoms. The van der Waals surface area contributed by atoms with Crippen LogP contribution in [0.25, 0.3) is 0 Å². The van der Waals surface area contributed by atoms with Gasteiger partial charge in [-0.1, -0.05) is 51.1 Å². The molecule has 0 bridgehead atoms. The number of hydrogen-bond acceptors (Lipinski definition) is 2. The van der Waals surface area contributed by atoms with Crippen molar-refractivity contribution in [2.75, 3.05) is 0 Å². The summed E-state index contributed by atoms with van der Waals surface area (Å²) >= 11 is 1.66. The van der Waals surface area contributed by atoms with Gasteiger partial charge in [0.15, 0.2) is 5.78 Å². The molecule has 0 aliphatic carbocycles. The molecule has 0 radical (unpaired) electrons. The third-order valence-electron chi connectivity index (χ3n) is 1.70. The van der Waals surface area contributed by atoms with E-state index in [2.05, 4.69) is 20.8 Å². The van der Waals surface area contributed by atoms with Gasteiger partial charge in [0, 0.05) is 10.3 Å². The van der Waals surface area contributed by atoms with Gasteiger partial charge >= 0.3 is 0 Å². The Labute approximate surface area is 95.6 Å². The summed E-state index contributed by atoms with van der Waals surface area (Å²) in [5, 5.41) is 1.87. The van der Waals surface area contributed by atoms with E-state index in [1.165, 1.54) is 0 Å². The number of rotatable bonds is 3. The molecule has 2 heteroatoms. The van der Waals surface area contributed by atoms with Crippen LogP contribution in [0.3, 0.4) is 0 Å². The minimum Gasteiger partial charge on any atom is -0.289 e. The lowest BCUT2D eigenvalue weighted by Gasteiger charge is -2.13. The number of allylic oxidation sites excluding steroid dienone is 1. The van der Waals surface area contributed by atoms with Crippen molar-refractivity contribution >= 4 is 17.5 Å². The van der Waals surface area contributed by atoms with Crippen LogP contribution in [0, 0.1) is 0 Å². The van der Waals surface area contributed by atoms with Crippen LogP contribution in [-0.4, -0.2) is 10.5 Å². The Balaban J connectivity index is 2.57. The van der Waals surface area contributed by atoms with Gasteiger partial charge in [-0.2, -0.15) is 0 Å². The van der Waals surface area contributed by atoms with Crippen molar-refractivity contribution in [3.8, 4) is 0 Å². The third-order valence-corrected chi connectivity index (χ3v) is 2.68. The monoisotopic (exact) mass is 220 g/mol. The number of hydrogen-bond donors (Lipinski definition) is 0. The predicted octanol–water partition coefficient (Wildman–Crippen LogP) is 3.91. The summed E-state index contributed by atoms with van der Waals surface area (Å²) in [7, 11) is 0. The number of thioether (sulfide) groups is 1. The molecule has 1 aromatic carbocycles. The molecule has 80 valence electrons. The molecule has 0 amide bonds. The van der Waals surface area contributed by atoms with Gasteiger partial charge in [-0.3, -0.25) is 4.79 Å². The summed E-state index contributed by atoms with van der Waals surface area (Å²) < 4.78 is 0.160. The fourth-order valence-electron chi connectivity index (χ4n) is 0.999. The number of carbonyl (C=O) groups is 1. The van der Waals surface area contributed by atoms with Crippen LogP contribution in [0.15, 0.2) is 41.8 Å². The topological polar surface area (TPSA) is 17.1 Å². The van der Waals surface area contributed by atoms with Crippen molar-refractivity contribution in [3.63, 3.8) is 0 Å². The summed E-state index contributed by atoms with van der Waals surface area (Å²) in [5.74, 6) is 0.0624. The van der Waals surface area contributed by atoms with E-state index in [0.29, 0.717) is 0 Å². The third kappa shape index (κ3) is 4.84. The second kappa shape index (κ2) is 5.17. The van der Waals surface area contributed by atoms with Gasteiger partial charge in [0.1, 0.15) is 0 Å². The van der Waals surface area contributed by atoms with Crippen LogP contribution in [-0.2, 0) is 0 Å². The van der Waals surface area contributed by atoms with Crippen molar-refractivity contribution in [3.05, 3.63) is 47.4 Å². The molecule has 1 nitrogen and oxygen atoms in total. The van der Waals surface area contributed by atoms with Gasteiger partial charge in [0.2, 0.25) is 0 Å². The molecular formula is C13H16OS. The molecular weight excluding hydrogens is 204 g/mol. The highest BCUT2D eigenvalue weighted by Gasteiger charge is 2.08. The molecule has 0 N–H and O–H groups in total. The lowest BCUT2D eigenvalue weighted by atomic mass is 10.1. The average Bonchev–Trinajstić information content (AvgIpc) is 2.17. The quantitative estimate of drug-likeness (QED) is 0.567. The van der Waals surface area contributed by atoms with E-state index < -0.39 is 0 Å². The van der Waals surface area contributed by atoms with Gasteiger partial charge in [0.05, 0.1) is 0 Å². The summed E-state index contributed by atoms with van der Waals surface area (Å²) in [5.41, 5.74) is 0.739. The molecule has 1 aromatic rings. The maximum absolute atomic E-state index is 11.6. The van der Waals surface area contributed by atoms with Crippen molar-refractivity contribution in [2.24, 2.45) is 0 Å². The average molecular weight is 220 g/mol. The van der Waals surface area contributed by atoms with Crippen LogP contribution >= 0.6 is 11.8 Å². The smallest absolute Gasteiger partial charge is 0.186 e. The largest absolute Gasteiger partial charge is 0.289 e. The highest BCUT2D eigenvalue weighted by molar-refractivity contribution is 8.03. The molecule has 0 unspecified atom stereocenters. The number of benzene rings is 1. The van der Waals surface area contributed by atoms with Gasteiger partial charge in [0.25, 0.3) is 0 Å². The van der Waals surface area contributed by atoms with E-state index in [4.69, 9.17) is 0 Å². The maximum atomic E-state index is 11.6. The minimum absolute atomic E-state index is 0.0624. The number of carbonyl (C=O) groups excluding carboxylic acids is 1. The highest BCUT2D eigenvalue weighted by atomic mass is 32.2. The lowest BCUT2D eigenvalue weighted by molar-refractivity contribution is 0.104. The fourth-order valence-corrected chi connectivity index (χ4v) is 1.60. The van der Waals surface area contributed by atoms with Crippen LogP contribution in [0.5, 0.6) is 0 Å².